The zero-order valence-corrected chi connectivity index (χ0v) is 9.82. The summed E-state index contributed by atoms with van der Waals surface area (Å²) in [5.74, 6) is 0.349. The van der Waals surface area contributed by atoms with Crippen molar-refractivity contribution < 1.29 is 20.4 Å². The fraction of sp³-hybridized carbons (Fsp3) is 0.143. The molecule has 0 unspecified atom stereocenters. The zero-order chi connectivity index (χ0) is 13.4. The molecule has 2 aromatic rings. The van der Waals surface area contributed by atoms with Crippen LogP contribution in [-0.2, 0) is 13.2 Å². The van der Waals surface area contributed by atoms with Crippen LogP contribution in [0.2, 0.25) is 0 Å². The molecule has 0 aromatic heterocycles. The summed E-state index contributed by atoms with van der Waals surface area (Å²) in [7, 11) is 0. The van der Waals surface area contributed by atoms with Gasteiger partial charge in [-0.05, 0) is 23.8 Å². The monoisotopic (exact) mass is 248 g/mol. The van der Waals surface area contributed by atoms with E-state index in [2.05, 4.69) is 0 Å². The minimum absolute atomic E-state index is 0.0194. The lowest BCUT2D eigenvalue weighted by molar-refractivity contribution is 0.275. The number of aliphatic hydroxyl groups is 2. The number of hydrogen-bond acceptors (Lipinski definition) is 4. The molecule has 0 aliphatic rings. The molecule has 0 fully saturated rings. The van der Waals surface area contributed by atoms with Gasteiger partial charge in [0.25, 0.3) is 0 Å². The maximum Gasteiger partial charge on any atom is 0.121 e. The second-order valence-corrected chi connectivity index (χ2v) is 3.61. The van der Waals surface area contributed by atoms with E-state index in [1.165, 1.54) is 6.07 Å². The first-order valence-electron chi connectivity index (χ1n) is 5.44. The molecule has 0 bridgehead atoms. The number of phenols is 2. The molecule has 0 saturated carbocycles. The molecule has 4 N–H and O–H groups in total. The molecule has 4 nitrogen and oxygen atoms in total. The summed E-state index contributed by atoms with van der Waals surface area (Å²) in [6.07, 6.45) is 0. The average Bonchev–Trinajstić information content (AvgIpc) is 2.40. The van der Waals surface area contributed by atoms with Gasteiger partial charge in [0.2, 0.25) is 0 Å². The van der Waals surface area contributed by atoms with Crippen molar-refractivity contribution in [2.75, 3.05) is 0 Å². The Morgan fingerprint density at radius 3 is 1.94 bits per heavy atom. The first-order chi connectivity index (χ1) is 8.67. The lowest BCUT2D eigenvalue weighted by Gasteiger charge is -1.96. The van der Waals surface area contributed by atoms with Gasteiger partial charge in [-0.3, -0.25) is 0 Å². The van der Waals surface area contributed by atoms with Crippen molar-refractivity contribution in [1.82, 2.24) is 0 Å². The Bertz CT molecular complexity index is 483. The number of rotatable bonds is 2. The normalized spacial score (nSPS) is 9.44. The van der Waals surface area contributed by atoms with E-state index >= 15 is 0 Å². The SMILES string of the molecule is OCc1cccc(O)c1.OCc1ccccc1O. The molecule has 2 rings (SSSR count). The van der Waals surface area contributed by atoms with E-state index in [1.54, 1.807) is 42.5 Å². The highest BCUT2D eigenvalue weighted by Gasteiger charge is 1.93. The molecular weight excluding hydrogens is 232 g/mol. The highest BCUT2D eigenvalue weighted by atomic mass is 16.3. The Labute approximate surface area is 105 Å². The van der Waals surface area contributed by atoms with Gasteiger partial charge in [0.1, 0.15) is 11.5 Å². The Kier molecular flexibility index (Phi) is 5.70. The van der Waals surface area contributed by atoms with Crippen LogP contribution < -0.4 is 0 Å². The highest BCUT2D eigenvalue weighted by molar-refractivity contribution is 5.30. The number of para-hydroxylation sites is 1. The van der Waals surface area contributed by atoms with E-state index in [1.807, 2.05) is 0 Å². The van der Waals surface area contributed by atoms with Crippen molar-refractivity contribution in [1.29, 1.82) is 0 Å². The van der Waals surface area contributed by atoms with Gasteiger partial charge < -0.3 is 20.4 Å². The predicted molar refractivity (Wildman–Crippen MR) is 68.1 cm³/mol. The lowest BCUT2D eigenvalue weighted by Crippen LogP contribution is -1.80. The van der Waals surface area contributed by atoms with Crippen molar-refractivity contribution in [3.8, 4) is 11.5 Å². The molecule has 96 valence electrons. The second-order valence-electron chi connectivity index (χ2n) is 3.61. The van der Waals surface area contributed by atoms with E-state index in [0.29, 0.717) is 5.56 Å². The summed E-state index contributed by atoms with van der Waals surface area (Å²) in [4.78, 5) is 0. The molecule has 0 heterocycles. The Hall–Kier alpha value is -2.04. The number of aromatic hydroxyl groups is 2. The smallest absolute Gasteiger partial charge is 0.121 e. The van der Waals surface area contributed by atoms with Gasteiger partial charge in [0.15, 0.2) is 0 Å². The Morgan fingerprint density at radius 1 is 0.778 bits per heavy atom. The molecule has 0 amide bonds. The summed E-state index contributed by atoms with van der Waals surface area (Å²) in [5.41, 5.74) is 1.30. The van der Waals surface area contributed by atoms with Gasteiger partial charge in [-0.1, -0.05) is 30.3 Å². The Morgan fingerprint density at radius 2 is 1.50 bits per heavy atom. The van der Waals surface area contributed by atoms with E-state index in [-0.39, 0.29) is 24.7 Å². The largest absolute Gasteiger partial charge is 0.508 e. The third kappa shape index (κ3) is 4.45. The molecule has 2 aromatic carbocycles. The van der Waals surface area contributed by atoms with Gasteiger partial charge in [0, 0.05) is 5.56 Å². The van der Waals surface area contributed by atoms with Crippen LogP contribution in [0, 0.1) is 0 Å². The zero-order valence-electron chi connectivity index (χ0n) is 9.82. The van der Waals surface area contributed by atoms with E-state index in [4.69, 9.17) is 20.4 Å². The number of phenolic OH excluding ortho intramolecular Hbond substituents is 1. The quantitative estimate of drug-likeness (QED) is 0.653. The first-order valence-corrected chi connectivity index (χ1v) is 5.44. The van der Waals surface area contributed by atoms with Crippen LogP contribution in [0.1, 0.15) is 11.1 Å². The maximum atomic E-state index is 8.95. The van der Waals surface area contributed by atoms with Gasteiger partial charge in [-0.2, -0.15) is 0 Å². The molecule has 0 radical (unpaired) electrons. The van der Waals surface area contributed by atoms with Gasteiger partial charge in [0.05, 0.1) is 13.2 Å². The van der Waals surface area contributed by atoms with Crippen LogP contribution in [0.5, 0.6) is 11.5 Å². The molecule has 0 aliphatic carbocycles. The topological polar surface area (TPSA) is 80.9 Å². The van der Waals surface area contributed by atoms with Crippen molar-refractivity contribution in [3.05, 3.63) is 59.7 Å². The third-order valence-corrected chi connectivity index (χ3v) is 2.26. The summed E-state index contributed by atoms with van der Waals surface area (Å²) in [6, 6.07) is 13.3. The van der Waals surface area contributed by atoms with Gasteiger partial charge in [-0.25, -0.2) is 0 Å². The average molecular weight is 248 g/mol. The minimum Gasteiger partial charge on any atom is -0.508 e. The highest BCUT2D eigenvalue weighted by Crippen LogP contribution is 2.14. The van der Waals surface area contributed by atoms with Crippen LogP contribution in [0.25, 0.3) is 0 Å². The third-order valence-electron chi connectivity index (χ3n) is 2.26. The number of hydrogen-bond donors (Lipinski definition) is 4. The number of benzene rings is 2. The molecule has 4 heteroatoms. The summed E-state index contributed by atoms with van der Waals surface area (Å²) in [6.45, 7) is -0.124. The molecule has 0 aliphatic heterocycles. The standard InChI is InChI=1S/2C7H8O2/c8-5-6-2-1-3-7(9)4-6;8-5-6-3-1-2-4-7(6)9/h2*1-4,8-9H,5H2. The van der Waals surface area contributed by atoms with E-state index in [0.717, 1.165) is 5.56 Å². The van der Waals surface area contributed by atoms with E-state index < -0.39 is 0 Å². The van der Waals surface area contributed by atoms with Crippen LogP contribution in [0.3, 0.4) is 0 Å². The fourth-order valence-corrected chi connectivity index (χ4v) is 1.30. The minimum atomic E-state index is -0.104. The van der Waals surface area contributed by atoms with Crippen LogP contribution in [0.4, 0.5) is 0 Å². The van der Waals surface area contributed by atoms with E-state index in [9.17, 15) is 0 Å². The van der Waals surface area contributed by atoms with Crippen LogP contribution >= 0.6 is 0 Å². The van der Waals surface area contributed by atoms with Crippen molar-refractivity contribution in [2.45, 2.75) is 13.2 Å². The lowest BCUT2D eigenvalue weighted by atomic mass is 10.2. The predicted octanol–water partition coefficient (Wildman–Crippen LogP) is 1.77. The Balaban J connectivity index is 0.000000180. The fourth-order valence-electron chi connectivity index (χ4n) is 1.30. The van der Waals surface area contributed by atoms with Crippen LogP contribution in [-0.4, -0.2) is 20.4 Å². The van der Waals surface area contributed by atoms with Gasteiger partial charge >= 0.3 is 0 Å². The molecular formula is C14H16O4. The number of aliphatic hydroxyl groups excluding tert-OH is 2. The summed E-state index contributed by atoms with van der Waals surface area (Å²) in [5, 5.41) is 34.9. The summed E-state index contributed by atoms with van der Waals surface area (Å²) < 4.78 is 0. The molecule has 0 spiro atoms. The second kappa shape index (κ2) is 7.32. The first kappa shape index (κ1) is 14.0. The van der Waals surface area contributed by atoms with Crippen molar-refractivity contribution in [2.24, 2.45) is 0 Å². The summed E-state index contributed by atoms with van der Waals surface area (Å²) >= 11 is 0. The van der Waals surface area contributed by atoms with Crippen molar-refractivity contribution >= 4 is 0 Å². The molecule has 18 heavy (non-hydrogen) atoms. The van der Waals surface area contributed by atoms with Crippen LogP contribution in [0.15, 0.2) is 48.5 Å². The maximum absolute atomic E-state index is 8.95. The molecule has 0 saturated heterocycles. The molecule has 0 atom stereocenters. The van der Waals surface area contributed by atoms with Crippen molar-refractivity contribution in [3.63, 3.8) is 0 Å². The van der Waals surface area contributed by atoms with Gasteiger partial charge in [-0.15, -0.1) is 0 Å².